The Hall–Kier alpha value is -0.610. The lowest BCUT2D eigenvalue weighted by atomic mass is 9.86. The molecular formula is C11H22N2O2. The molecule has 0 bridgehead atoms. The average molecular weight is 214 g/mol. The van der Waals surface area contributed by atoms with Crippen LogP contribution in [0.25, 0.3) is 0 Å². The number of aliphatic hydroxyl groups excluding tert-OH is 1. The van der Waals surface area contributed by atoms with Crippen LogP contribution < -0.4 is 0 Å². The molecule has 1 heterocycles. The minimum Gasteiger partial charge on any atom is -0.396 e. The zero-order valence-electron chi connectivity index (χ0n) is 10.2. The molecule has 88 valence electrons. The van der Waals surface area contributed by atoms with E-state index in [1.807, 2.05) is 12.1 Å². The molecule has 15 heavy (non-hydrogen) atoms. The van der Waals surface area contributed by atoms with Crippen molar-refractivity contribution in [2.75, 3.05) is 20.2 Å². The van der Waals surface area contributed by atoms with E-state index in [0.717, 1.165) is 0 Å². The molecule has 1 N–H and O–H groups in total. The first-order valence-corrected chi connectivity index (χ1v) is 5.58. The second-order valence-corrected chi connectivity index (χ2v) is 4.81. The molecular weight excluding hydrogens is 192 g/mol. The van der Waals surface area contributed by atoms with Gasteiger partial charge >= 0.3 is 0 Å². The van der Waals surface area contributed by atoms with Crippen molar-refractivity contribution in [3.8, 4) is 0 Å². The molecule has 0 radical (unpaired) electrons. The summed E-state index contributed by atoms with van der Waals surface area (Å²) in [5.74, 6) is 0.604. The summed E-state index contributed by atoms with van der Waals surface area (Å²) >= 11 is 0. The fourth-order valence-corrected chi connectivity index (χ4v) is 2.03. The van der Waals surface area contributed by atoms with Gasteiger partial charge in [0.05, 0.1) is 0 Å². The third-order valence-corrected chi connectivity index (χ3v) is 3.67. The second-order valence-electron chi connectivity index (χ2n) is 4.81. The van der Waals surface area contributed by atoms with Gasteiger partial charge in [-0.15, -0.1) is 0 Å². The van der Waals surface area contributed by atoms with E-state index in [9.17, 15) is 4.79 Å². The van der Waals surface area contributed by atoms with Crippen molar-refractivity contribution in [1.29, 1.82) is 0 Å². The monoisotopic (exact) mass is 214 g/mol. The number of hydrogen-bond donors (Lipinski definition) is 1. The summed E-state index contributed by atoms with van der Waals surface area (Å²) in [5, 5.41) is 12.6. The van der Waals surface area contributed by atoms with E-state index >= 15 is 0 Å². The van der Waals surface area contributed by atoms with Gasteiger partial charge in [0.1, 0.15) is 0 Å². The molecule has 1 aliphatic rings. The number of aliphatic hydroxyl groups is 1. The summed E-state index contributed by atoms with van der Waals surface area (Å²) in [7, 11) is 1.96. The number of carbonyl (C=O) groups excluding carboxylic acids is 1. The Morgan fingerprint density at radius 3 is 2.53 bits per heavy atom. The number of rotatable bonds is 4. The maximum absolute atomic E-state index is 11.8. The second kappa shape index (κ2) is 4.49. The van der Waals surface area contributed by atoms with Gasteiger partial charge in [-0.25, -0.2) is 5.01 Å². The van der Waals surface area contributed by atoms with Gasteiger partial charge in [-0.3, -0.25) is 9.80 Å². The fraction of sp³-hybridized carbons (Fsp3) is 0.909. The van der Waals surface area contributed by atoms with Gasteiger partial charge in [0.25, 0.3) is 0 Å². The smallest absolute Gasteiger partial charge is 0.238 e. The van der Waals surface area contributed by atoms with Crippen LogP contribution in [-0.2, 0) is 4.79 Å². The Balaban J connectivity index is 2.74. The van der Waals surface area contributed by atoms with E-state index in [0.29, 0.717) is 25.3 Å². The van der Waals surface area contributed by atoms with E-state index in [-0.39, 0.29) is 18.1 Å². The molecule has 4 nitrogen and oxygen atoms in total. The molecule has 0 aromatic rings. The van der Waals surface area contributed by atoms with Gasteiger partial charge < -0.3 is 5.11 Å². The van der Waals surface area contributed by atoms with Crippen molar-refractivity contribution in [1.82, 2.24) is 10.0 Å². The fourth-order valence-electron chi connectivity index (χ4n) is 2.03. The Bertz CT molecular complexity index is 243. The summed E-state index contributed by atoms with van der Waals surface area (Å²) in [6.07, 6.45) is 1.22. The SMILES string of the molecule is CC(C)C1(C)CC(=O)N(CCCO)N1C. The predicted octanol–water partition coefficient (Wildman–Crippen LogP) is 0.863. The van der Waals surface area contributed by atoms with Crippen molar-refractivity contribution in [3.05, 3.63) is 0 Å². The van der Waals surface area contributed by atoms with Crippen LogP contribution in [-0.4, -0.2) is 46.8 Å². The third kappa shape index (κ3) is 2.16. The Labute approximate surface area is 91.8 Å². The van der Waals surface area contributed by atoms with Crippen molar-refractivity contribution < 1.29 is 9.90 Å². The van der Waals surface area contributed by atoms with Crippen LogP contribution in [0.5, 0.6) is 0 Å². The lowest BCUT2D eigenvalue weighted by Gasteiger charge is -2.38. The van der Waals surface area contributed by atoms with Crippen LogP contribution in [0.3, 0.4) is 0 Å². The molecule has 0 aromatic heterocycles. The molecule has 4 heteroatoms. The average Bonchev–Trinajstić information content (AvgIpc) is 2.37. The van der Waals surface area contributed by atoms with Crippen LogP contribution in [0.4, 0.5) is 0 Å². The zero-order chi connectivity index (χ0) is 11.6. The first kappa shape index (κ1) is 12.5. The van der Waals surface area contributed by atoms with Gasteiger partial charge in [0.2, 0.25) is 5.91 Å². The molecule has 0 spiro atoms. The number of carbonyl (C=O) groups is 1. The van der Waals surface area contributed by atoms with Crippen LogP contribution in [0.1, 0.15) is 33.6 Å². The van der Waals surface area contributed by atoms with Gasteiger partial charge in [0, 0.05) is 32.2 Å². The standard InChI is InChI=1S/C11H22N2O2/c1-9(2)11(3)8-10(15)13(12(11)4)6-5-7-14/h9,14H,5-8H2,1-4H3. The maximum Gasteiger partial charge on any atom is 0.238 e. The summed E-state index contributed by atoms with van der Waals surface area (Å²) in [5.41, 5.74) is -0.0768. The minimum absolute atomic E-state index is 0.0768. The first-order valence-electron chi connectivity index (χ1n) is 5.58. The van der Waals surface area contributed by atoms with Crippen molar-refractivity contribution in [3.63, 3.8) is 0 Å². The van der Waals surface area contributed by atoms with E-state index in [1.54, 1.807) is 5.01 Å². The number of nitrogens with zero attached hydrogens (tertiary/aromatic N) is 2. The molecule has 1 atom stereocenters. The summed E-state index contributed by atoms with van der Waals surface area (Å²) < 4.78 is 0. The lowest BCUT2D eigenvalue weighted by Crippen LogP contribution is -2.49. The maximum atomic E-state index is 11.8. The molecule has 0 aromatic carbocycles. The largest absolute Gasteiger partial charge is 0.396 e. The Morgan fingerprint density at radius 2 is 2.13 bits per heavy atom. The predicted molar refractivity (Wildman–Crippen MR) is 59.0 cm³/mol. The first-order chi connectivity index (χ1) is 6.93. The molecule has 1 rings (SSSR count). The van der Waals surface area contributed by atoms with Crippen LogP contribution >= 0.6 is 0 Å². The summed E-state index contributed by atoms with van der Waals surface area (Å²) in [6, 6.07) is 0. The van der Waals surface area contributed by atoms with Crippen molar-refractivity contribution in [2.45, 2.75) is 39.2 Å². The number of hydrazine groups is 1. The Morgan fingerprint density at radius 1 is 1.53 bits per heavy atom. The molecule has 0 aliphatic carbocycles. The van der Waals surface area contributed by atoms with E-state index in [4.69, 9.17) is 5.11 Å². The highest BCUT2D eigenvalue weighted by molar-refractivity contribution is 5.79. The topological polar surface area (TPSA) is 43.8 Å². The normalized spacial score (nSPS) is 28.1. The summed E-state index contributed by atoms with van der Waals surface area (Å²) in [4.78, 5) is 11.8. The minimum atomic E-state index is -0.0768. The molecule has 0 saturated carbocycles. The molecule has 1 fully saturated rings. The highest BCUT2D eigenvalue weighted by Crippen LogP contribution is 2.34. The van der Waals surface area contributed by atoms with E-state index in [2.05, 4.69) is 20.8 Å². The van der Waals surface area contributed by atoms with Crippen molar-refractivity contribution >= 4 is 5.91 Å². The zero-order valence-corrected chi connectivity index (χ0v) is 10.2. The van der Waals surface area contributed by atoms with Crippen LogP contribution in [0.2, 0.25) is 0 Å². The van der Waals surface area contributed by atoms with E-state index in [1.165, 1.54) is 0 Å². The van der Waals surface area contributed by atoms with Crippen LogP contribution in [0, 0.1) is 5.92 Å². The highest BCUT2D eigenvalue weighted by Gasteiger charge is 2.46. The van der Waals surface area contributed by atoms with Gasteiger partial charge in [0.15, 0.2) is 0 Å². The molecule has 1 amide bonds. The lowest BCUT2D eigenvalue weighted by molar-refractivity contribution is -0.139. The number of amides is 1. The molecule has 1 unspecified atom stereocenters. The third-order valence-electron chi connectivity index (χ3n) is 3.67. The van der Waals surface area contributed by atoms with Gasteiger partial charge in [-0.2, -0.15) is 0 Å². The van der Waals surface area contributed by atoms with Crippen molar-refractivity contribution in [2.24, 2.45) is 5.92 Å². The quantitative estimate of drug-likeness (QED) is 0.755. The Kier molecular flexibility index (Phi) is 3.73. The molecule has 1 aliphatic heterocycles. The van der Waals surface area contributed by atoms with E-state index < -0.39 is 0 Å². The number of hydrogen-bond acceptors (Lipinski definition) is 3. The van der Waals surface area contributed by atoms with Gasteiger partial charge in [-0.05, 0) is 19.3 Å². The van der Waals surface area contributed by atoms with Gasteiger partial charge in [-0.1, -0.05) is 13.8 Å². The van der Waals surface area contributed by atoms with Crippen LogP contribution in [0.15, 0.2) is 0 Å². The molecule has 1 saturated heterocycles. The summed E-state index contributed by atoms with van der Waals surface area (Å²) in [6.45, 7) is 7.15. The highest BCUT2D eigenvalue weighted by atomic mass is 16.3.